The molecule has 4 heteroatoms. The summed E-state index contributed by atoms with van der Waals surface area (Å²) in [5, 5.41) is 0. The molecule has 0 atom stereocenters. The zero-order chi connectivity index (χ0) is 8.85. The summed E-state index contributed by atoms with van der Waals surface area (Å²) < 4.78 is 5.12. The molecule has 0 aliphatic heterocycles. The second-order valence-electron chi connectivity index (χ2n) is 1.71. The standard InChI is InChI=1S/C7H8BrNO2/c1-4-11-7(10)6(9-3)5(2)8/h4H2,1-2H3/b6-5+. The first-order chi connectivity index (χ1) is 5.13. The average Bonchev–Trinajstić information content (AvgIpc) is 1.88. The molecule has 0 spiro atoms. The lowest BCUT2D eigenvalue weighted by atomic mass is 10.4. The van der Waals surface area contributed by atoms with Crippen LogP contribution < -0.4 is 0 Å². The highest BCUT2D eigenvalue weighted by Crippen LogP contribution is 2.13. The summed E-state index contributed by atoms with van der Waals surface area (Å²) in [6.45, 7) is 10.3. The number of carbonyl (C=O) groups excluding carboxylic acids is 1. The second-order valence-corrected chi connectivity index (χ2v) is 2.90. The average molecular weight is 218 g/mol. The third kappa shape index (κ3) is 3.19. The van der Waals surface area contributed by atoms with Crippen molar-refractivity contribution in [1.29, 1.82) is 0 Å². The number of allylic oxidation sites excluding steroid dienone is 1. The Labute approximate surface area is 74.0 Å². The van der Waals surface area contributed by atoms with E-state index in [1.54, 1.807) is 13.8 Å². The first-order valence-corrected chi connectivity index (χ1v) is 3.83. The van der Waals surface area contributed by atoms with E-state index in [1.165, 1.54) is 0 Å². The predicted octanol–water partition coefficient (Wildman–Crippen LogP) is 2.10. The van der Waals surface area contributed by atoms with E-state index in [0.717, 1.165) is 0 Å². The van der Waals surface area contributed by atoms with Crippen LogP contribution in [0.2, 0.25) is 0 Å². The van der Waals surface area contributed by atoms with Gasteiger partial charge in [-0.3, -0.25) is 4.79 Å². The van der Waals surface area contributed by atoms with Crippen molar-refractivity contribution in [2.24, 2.45) is 0 Å². The summed E-state index contributed by atoms with van der Waals surface area (Å²) in [6, 6.07) is 0. The van der Waals surface area contributed by atoms with Gasteiger partial charge >= 0.3 is 5.97 Å². The molecule has 0 radical (unpaired) electrons. The van der Waals surface area contributed by atoms with Gasteiger partial charge in [0, 0.05) is 4.48 Å². The van der Waals surface area contributed by atoms with Gasteiger partial charge in [0.1, 0.15) is 0 Å². The molecule has 3 nitrogen and oxygen atoms in total. The number of carbonyl (C=O) groups is 1. The van der Waals surface area contributed by atoms with Gasteiger partial charge < -0.3 is 4.74 Å². The molecule has 0 saturated carbocycles. The lowest BCUT2D eigenvalue weighted by Gasteiger charge is -1.99. The Hall–Kier alpha value is -0.820. The van der Waals surface area contributed by atoms with E-state index >= 15 is 0 Å². The Morgan fingerprint density at radius 2 is 2.27 bits per heavy atom. The topological polar surface area (TPSA) is 30.7 Å². The summed E-state index contributed by atoms with van der Waals surface area (Å²) in [4.78, 5) is 13.9. The van der Waals surface area contributed by atoms with Crippen molar-refractivity contribution in [2.45, 2.75) is 13.8 Å². The van der Waals surface area contributed by atoms with Crippen molar-refractivity contribution >= 4 is 21.9 Å². The zero-order valence-corrected chi connectivity index (χ0v) is 7.93. The molecule has 0 unspecified atom stereocenters. The van der Waals surface area contributed by atoms with Crippen LogP contribution >= 0.6 is 15.9 Å². The summed E-state index contributed by atoms with van der Waals surface area (Å²) in [6.07, 6.45) is 0. The highest BCUT2D eigenvalue weighted by Gasteiger charge is 2.12. The van der Waals surface area contributed by atoms with Crippen molar-refractivity contribution < 1.29 is 9.53 Å². The third-order valence-corrected chi connectivity index (χ3v) is 1.28. The molecule has 0 heterocycles. The van der Waals surface area contributed by atoms with Gasteiger partial charge in [0.15, 0.2) is 0 Å². The van der Waals surface area contributed by atoms with Crippen LogP contribution in [0, 0.1) is 6.57 Å². The fourth-order valence-corrected chi connectivity index (χ4v) is 0.713. The highest BCUT2D eigenvalue weighted by atomic mass is 79.9. The number of esters is 1. The molecule has 0 aliphatic rings. The van der Waals surface area contributed by atoms with E-state index in [9.17, 15) is 4.79 Å². The van der Waals surface area contributed by atoms with Crippen molar-refractivity contribution in [3.8, 4) is 0 Å². The van der Waals surface area contributed by atoms with E-state index in [2.05, 4.69) is 25.5 Å². The van der Waals surface area contributed by atoms with Crippen molar-refractivity contribution in [2.75, 3.05) is 6.61 Å². The minimum absolute atomic E-state index is 0.00634. The molecular weight excluding hydrogens is 210 g/mol. The Balaban J connectivity index is 4.45. The van der Waals surface area contributed by atoms with Crippen LogP contribution in [0.5, 0.6) is 0 Å². The number of halogens is 1. The van der Waals surface area contributed by atoms with Gasteiger partial charge in [0.25, 0.3) is 5.70 Å². The lowest BCUT2D eigenvalue weighted by molar-refractivity contribution is -0.138. The number of hydrogen-bond acceptors (Lipinski definition) is 2. The van der Waals surface area contributed by atoms with Crippen LogP contribution in [0.15, 0.2) is 10.2 Å². The van der Waals surface area contributed by atoms with Gasteiger partial charge in [0.05, 0.1) is 13.2 Å². The van der Waals surface area contributed by atoms with Crippen LogP contribution in [0.3, 0.4) is 0 Å². The molecule has 0 aromatic rings. The lowest BCUT2D eigenvalue weighted by Crippen LogP contribution is -2.05. The van der Waals surface area contributed by atoms with Gasteiger partial charge in [0.2, 0.25) is 0 Å². The molecule has 0 amide bonds. The van der Waals surface area contributed by atoms with Crippen molar-refractivity contribution in [3.63, 3.8) is 0 Å². The number of ether oxygens (including phenoxy) is 1. The summed E-state index contributed by atoms with van der Waals surface area (Å²) in [7, 11) is 0. The van der Waals surface area contributed by atoms with E-state index in [4.69, 9.17) is 6.57 Å². The Bertz CT molecular complexity index is 223. The first kappa shape index (κ1) is 10.2. The largest absolute Gasteiger partial charge is 0.471 e. The monoisotopic (exact) mass is 217 g/mol. The van der Waals surface area contributed by atoms with Gasteiger partial charge in [-0.25, -0.2) is 4.85 Å². The van der Waals surface area contributed by atoms with Gasteiger partial charge in [-0.1, -0.05) is 15.9 Å². The number of hydrogen-bond donors (Lipinski definition) is 0. The quantitative estimate of drug-likeness (QED) is 0.403. The van der Waals surface area contributed by atoms with Crippen molar-refractivity contribution in [1.82, 2.24) is 0 Å². The maximum atomic E-state index is 10.9. The Kier molecular flexibility index (Phi) is 4.55. The van der Waals surface area contributed by atoms with Crippen LogP contribution in [0.4, 0.5) is 0 Å². The fourth-order valence-electron chi connectivity index (χ4n) is 0.463. The molecule has 11 heavy (non-hydrogen) atoms. The van der Waals surface area contributed by atoms with Crippen molar-refractivity contribution in [3.05, 3.63) is 21.6 Å². The SMILES string of the molecule is [C-]#[N+]/C(C(=O)OCC)=C(\C)Br. The maximum absolute atomic E-state index is 10.9. The fraction of sp³-hybridized carbons (Fsp3) is 0.429. The molecule has 0 saturated heterocycles. The summed E-state index contributed by atoms with van der Waals surface area (Å²) in [5.41, 5.74) is 0.00634. The normalized spacial score (nSPS) is 11.5. The minimum atomic E-state index is -0.572. The molecular formula is C7H8BrNO2. The molecule has 0 aromatic heterocycles. The molecule has 0 N–H and O–H groups in total. The minimum Gasteiger partial charge on any atom is -0.471 e. The smallest absolute Gasteiger partial charge is 0.337 e. The van der Waals surface area contributed by atoms with Crippen LogP contribution in [-0.4, -0.2) is 12.6 Å². The third-order valence-electron chi connectivity index (χ3n) is 0.907. The number of rotatable bonds is 2. The predicted molar refractivity (Wildman–Crippen MR) is 44.9 cm³/mol. The second kappa shape index (κ2) is 4.91. The molecule has 60 valence electrons. The maximum Gasteiger partial charge on any atom is 0.337 e. The molecule has 0 aliphatic carbocycles. The van der Waals surface area contributed by atoms with Gasteiger partial charge in [-0.05, 0) is 13.8 Å². The van der Waals surface area contributed by atoms with Gasteiger partial charge in [-0.2, -0.15) is 0 Å². The zero-order valence-electron chi connectivity index (χ0n) is 6.35. The van der Waals surface area contributed by atoms with E-state index in [-0.39, 0.29) is 12.3 Å². The molecule has 0 bridgehead atoms. The van der Waals surface area contributed by atoms with Crippen LogP contribution in [0.1, 0.15) is 13.8 Å². The first-order valence-electron chi connectivity index (χ1n) is 3.04. The molecule has 0 rings (SSSR count). The van der Waals surface area contributed by atoms with Crippen LogP contribution in [0.25, 0.3) is 4.85 Å². The molecule has 0 aromatic carbocycles. The van der Waals surface area contributed by atoms with Gasteiger partial charge in [-0.15, -0.1) is 0 Å². The van der Waals surface area contributed by atoms with E-state index < -0.39 is 5.97 Å². The van der Waals surface area contributed by atoms with Crippen LogP contribution in [-0.2, 0) is 9.53 Å². The Morgan fingerprint density at radius 3 is 2.55 bits per heavy atom. The Morgan fingerprint density at radius 1 is 1.73 bits per heavy atom. The molecule has 0 fully saturated rings. The van der Waals surface area contributed by atoms with E-state index in [0.29, 0.717) is 4.48 Å². The number of nitrogens with zero attached hydrogens (tertiary/aromatic N) is 1. The summed E-state index contributed by atoms with van der Waals surface area (Å²) >= 11 is 3.04. The summed E-state index contributed by atoms with van der Waals surface area (Å²) in [5.74, 6) is -0.572. The highest BCUT2D eigenvalue weighted by molar-refractivity contribution is 9.11. The van der Waals surface area contributed by atoms with E-state index in [1.807, 2.05) is 0 Å².